The number of nitrogens with one attached hydrogen (secondary N) is 1. The van der Waals surface area contributed by atoms with Gasteiger partial charge in [-0.25, -0.2) is 4.79 Å². The van der Waals surface area contributed by atoms with Crippen LogP contribution in [0.3, 0.4) is 0 Å². The molecule has 0 saturated carbocycles. The first kappa shape index (κ1) is 16.3. The molecule has 0 amide bonds. The summed E-state index contributed by atoms with van der Waals surface area (Å²) < 4.78 is 4.78. The summed E-state index contributed by atoms with van der Waals surface area (Å²) in [6.07, 6.45) is 2.83. The molecule has 1 aromatic rings. The van der Waals surface area contributed by atoms with Crippen LogP contribution in [-0.2, 0) is 14.3 Å². The maximum absolute atomic E-state index is 11.6. The highest BCUT2D eigenvalue weighted by Gasteiger charge is 2.20. The summed E-state index contributed by atoms with van der Waals surface area (Å²) in [5.41, 5.74) is 1.83. The molecule has 1 rings (SSSR count). The predicted molar refractivity (Wildman–Crippen MR) is 78.7 cm³/mol. The molecule has 0 saturated heterocycles. The van der Waals surface area contributed by atoms with Crippen LogP contribution < -0.4 is 0 Å². The maximum Gasteiger partial charge on any atom is 0.331 e. The van der Waals surface area contributed by atoms with Gasteiger partial charge in [-0.15, -0.1) is 0 Å². The summed E-state index contributed by atoms with van der Waals surface area (Å²) >= 11 is 0. The van der Waals surface area contributed by atoms with Crippen molar-refractivity contribution in [2.75, 3.05) is 6.61 Å². The number of ketones is 1. The quantitative estimate of drug-likeness (QED) is 0.493. The van der Waals surface area contributed by atoms with E-state index in [9.17, 15) is 9.59 Å². The molecule has 108 valence electrons. The molecule has 5 nitrogen and oxygen atoms in total. The van der Waals surface area contributed by atoms with Crippen LogP contribution in [0.25, 0.3) is 6.08 Å². The van der Waals surface area contributed by atoms with Gasteiger partial charge in [0.1, 0.15) is 5.92 Å². The Labute approximate surface area is 123 Å². The fourth-order valence-electron chi connectivity index (χ4n) is 1.62. The largest absolute Gasteiger partial charge is 0.454 e. The van der Waals surface area contributed by atoms with Crippen molar-refractivity contribution >= 4 is 23.5 Å². The molecule has 0 aliphatic rings. The first-order valence-electron chi connectivity index (χ1n) is 6.33. The van der Waals surface area contributed by atoms with E-state index in [1.165, 1.54) is 13.0 Å². The number of ether oxygens (including phenoxy) is 1. The van der Waals surface area contributed by atoms with Crippen molar-refractivity contribution in [1.82, 2.24) is 0 Å². The fraction of sp³-hybridized carbons (Fsp3) is 0.250. The van der Waals surface area contributed by atoms with Crippen LogP contribution in [0.4, 0.5) is 0 Å². The summed E-state index contributed by atoms with van der Waals surface area (Å²) in [4.78, 5) is 23.1. The van der Waals surface area contributed by atoms with Crippen LogP contribution in [0.5, 0.6) is 0 Å². The highest BCUT2D eigenvalue weighted by atomic mass is 16.5. The van der Waals surface area contributed by atoms with Crippen LogP contribution in [0.2, 0.25) is 0 Å². The summed E-state index contributed by atoms with van der Waals surface area (Å²) in [6.45, 7) is 2.77. The van der Waals surface area contributed by atoms with Crippen molar-refractivity contribution in [1.29, 1.82) is 10.7 Å². The van der Waals surface area contributed by atoms with Crippen molar-refractivity contribution in [3.63, 3.8) is 0 Å². The Balaban J connectivity index is 2.56. The summed E-state index contributed by atoms with van der Waals surface area (Å²) in [5.74, 6) is -2.41. The lowest BCUT2D eigenvalue weighted by Crippen LogP contribution is -2.25. The van der Waals surface area contributed by atoms with Gasteiger partial charge in [-0.2, -0.15) is 5.26 Å². The van der Waals surface area contributed by atoms with E-state index < -0.39 is 24.3 Å². The fourth-order valence-corrected chi connectivity index (χ4v) is 1.62. The van der Waals surface area contributed by atoms with Crippen LogP contribution in [0.1, 0.15) is 18.1 Å². The van der Waals surface area contributed by atoms with Crippen molar-refractivity contribution in [3.05, 3.63) is 41.5 Å². The lowest BCUT2D eigenvalue weighted by atomic mass is 10.0. The molecule has 0 aliphatic carbocycles. The molecular weight excluding hydrogens is 268 g/mol. The first-order chi connectivity index (χ1) is 9.95. The third kappa shape index (κ3) is 5.03. The molecule has 0 heterocycles. The molecule has 0 spiro atoms. The molecular formula is C16H16N2O3. The Kier molecular flexibility index (Phi) is 6.02. The minimum Gasteiger partial charge on any atom is -0.454 e. The zero-order valence-corrected chi connectivity index (χ0v) is 11.9. The number of Topliss-reactive ketones (excluding diaryl/α,β-unsaturated/α-hetero) is 1. The van der Waals surface area contributed by atoms with E-state index in [-0.39, 0.29) is 5.71 Å². The average molecular weight is 284 g/mol. The molecule has 0 unspecified atom stereocenters. The minimum absolute atomic E-state index is 0.0611. The lowest BCUT2D eigenvalue weighted by Gasteiger charge is -2.06. The number of rotatable bonds is 6. The van der Waals surface area contributed by atoms with Crippen molar-refractivity contribution < 1.29 is 14.3 Å². The zero-order chi connectivity index (χ0) is 15.8. The Morgan fingerprint density at radius 2 is 2.10 bits per heavy atom. The number of esters is 1. The Morgan fingerprint density at radius 1 is 1.43 bits per heavy atom. The van der Waals surface area contributed by atoms with Crippen molar-refractivity contribution in [3.8, 4) is 6.07 Å². The second-order valence-electron chi connectivity index (χ2n) is 4.51. The average Bonchev–Trinajstić information content (AvgIpc) is 2.44. The second-order valence-corrected chi connectivity index (χ2v) is 4.51. The van der Waals surface area contributed by atoms with Gasteiger partial charge in [0.15, 0.2) is 12.4 Å². The van der Waals surface area contributed by atoms with Gasteiger partial charge < -0.3 is 10.1 Å². The highest BCUT2D eigenvalue weighted by molar-refractivity contribution is 6.06. The number of hydrogen-bond acceptors (Lipinski definition) is 5. The molecule has 5 heteroatoms. The van der Waals surface area contributed by atoms with Gasteiger partial charge in [0.25, 0.3) is 0 Å². The maximum atomic E-state index is 11.6. The van der Waals surface area contributed by atoms with E-state index in [2.05, 4.69) is 0 Å². The number of carbonyl (C=O) groups is 2. The van der Waals surface area contributed by atoms with E-state index in [4.69, 9.17) is 15.4 Å². The summed E-state index contributed by atoms with van der Waals surface area (Å²) in [6, 6.07) is 9.23. The summed E-state index contributed by atoms with van der Waals surface area (Å²) in [7, 11) is 0. The highest BCUT2D eigenvalue weighted by Crippen LogP contribution is 2.09. The molecule has 0 aromatic heterocycles. The molecule has 21 heavy (non-hydrogen) atoms. The topological polar surface area (TPSA) is 91.0 Å². The number of nitriles is 1. The number of benzene rings is 1. The van der Waals surface area contributed by atoms with Crippen molar-refractivity contribution in [2.45, 2.75) is 13.8 Å². The van der Waals surface area contributed by atoms with E-state index in [1.54, 1.807) is 12.1 Å². The van der Waals surface area contributed by atoms with Gasteiger partial charge in [0, 0.05) is 11.8 Å². The minimum atomic E-state index is -1.15. The number of nitrogens with zero attached hydrogens (tertiary/aromatic N) is 1. The van der Waals surface area contributed by atoms with Crippen LogP contribution in [0.15, 0.2) is 30.3 Å². The third-order valence-electron chi connectivity index (χ3n) is 2.83. The van der Waals surface area contributed by atoms with E-state index in [0.717, 1.165) is 11.1 Å². The Hall–Kier alpha value is -2.74. The van der Waals surface area contributed by atoms with Gasteiger partial charge in [0.05, 0.1) is 6.07 Å². The van der Waals surface area contributed by atoms with Crippen LogP contribution in [0, 0.1) is 29.6 Å². The lowest BCUT2D eigenvalue weighted by molar-refractivity contribution is -0.143. The molecule has 1 aromatic carbocycles. The van der Waals surface area contributed by atoms with Crippen LogP contribution >= 0.6 is 0 Å². The Bertz CT molecular complexity index is 627. The number of hydrogen-bond donors (Lipinski definition) is 1. The Morgan fingerprint density at radius 3 is 2.67 bits per heavy atom. The molecule has 1 atom stereocenters. The molecule has 0 radical (unpaired) electrons. The third-order valence-corrected chi connectivity index (χ3v) is 2.83. The first-order valence-corrected chi connectivity index (χ1v) is 6.33. The molecule has 1 N–H and O–H groups in total. The van der Waals surface area contributed by atoms with E-state index >= 15 is 0 Å². The van der Waals surface area contributed by atoms with Gasteiger partial charge in [-0.05, 0) is 31.1 Å². The van der Waals surface area contributed by atoms with Gasteiger partial charge >= 0.3 is 5.97 Å². The van der Waals surface area contributed by atoms with E-state index in [1.807, 2.05) is 31.2 Å². The SMILES string of the molecule is CC(=N)[C@H](C#N)C(=O)COC(=O)/C=C/c1ccccc1C. The van der Waals surface area contributed by atoms with E-state index in [0.29, 0.717) is 0 Å². The van der Waals surface area contributed by atoms with Gasteiger partial charge in [-0.1, -0.05) is 24.3 Å². The number of carbonyl (C=O) groups excluding carboxylic acids is 2. The monoisotopic (exact) mass is 284 g/mol. The standard InChI is InChI=1S/C16H16N2O3/c1-11-5-3-4-6-13(11)7-8-16(20)21-10-15(19)14(9-17)12(2)18/h3-8,14,18H,10H2,1-2H3/b8-7+,18-12?/t14-/m0/s1. The molecule has 0 bridgehead atoms. The smallest absolute Gasteiger partial charge is 0.331 e. The van der Waals surface area contributed by atoms with Gasteiger partial charge in [-0.3, -0.25) is 4.79 Å². The van der Waals surface area contributed by atoms with Gasteiger partial charge in [0.2, 0.25) is 0 Å². The molecule has 0 fully saturated rings. The number of aryl methyl sites for hydroxylation is 1. The normalized spacial score (nSPS) is 11.7. The van der Waals surface area contributed by atoms with Crippen molar-refractivity contribution in [2.24, 2.45) is 5.92 Å². The zero-order valence-electron chi connectivity index (χ0n) is 11.9. The van der Waals surface area contributed by atoms with Crippen LogP contribution in [-0.4, -0.2) is 24.1 Å². The summed E-state index contributed by atoms with van der Waals surface area (Å²) in [5, 5.41) is 16.0. The second kappa shape index (κ2) is 7.75. The molecule has 0 aliphatic heterocycles. The predicted octanol–water partition coefficient (Wildman–Crippen LogP) is 2.30.